The minimum atomic E-state index is 0.126. The normalized spacial score (nSPS) is 22.2. The van der Waals surface area contributed by atoms with Gasteiger partial charge in [0.05, 0.1) is 11.4 Å². The zero-order valence-electron chi connectivity index (χ0n) is 13.3. The van der Waals surface area contributed by atoms with Gasteiger partial charge in [0.2, 0.25) is 5.91 Å². The Morgan fingerprint density at radius 3 is 2.52 bits per heavy atom. The number of carbonyl (C=O) groups excluding carboxylic acids is 2. The van der Waals surface area contributed by atoms with E-state index >= 15 is 0 Å². The van der Waals surface area contributed by atoms with Gasteiger partial charge in [-0.15, -0.1) is 11.3 Å². The third kappa shape index (κ3) is 3.58. The van der Waals surface area contributed by atoms with Crippen molar-refractivity contribution >= 4 is 23.2 Å². The Hall–Kier alpha value is -1.40. The number of hydrogen-bond donors (Lipinski definition) is 1. The molecule has 0 bridgehead atoms. The maximum Gasteiger partial charge on any atom is 0.264 e. The summed E-state index contributed by atoms with van der Waals surface area (Å²) in [6.45, 7) is 3.47. The van der Waals surface area contributed by atoms with Crippen LogP contribution in [0.15, 0.2) is 11.4 Å². The van der Waals surface area contributed by atoms with E-state index in [0.29, 0.717) is 18.5 Å². The van der Waals surface area contributed by atoms with Crippen molar-refractivity contribution in [2.75, 3.05) is 32.7 Å². The van der Waals surface area contributed by atoms with Crippen LogP contribution in [0.3, 0.4) is 0 Å². The minimum Gasteiger partial charge on any atom is -0.352 e. The van der Waals surface area contributed by atoms with Crippen molar-refractivity contribution < 1.29 is 9.59 Å². The van der Waals surface area contributed by atoms with E-state index in [1.807, 2.05) is 10.3 Å². The monoisotopic (exact) mass is 333 g/mol. The van der Waals surface area contributed by atoms with Crippen molar-refractivity contribution in [2.45, 2.75) is 37.6 Å². The van der Waals surface area contributed by atoms with Crippen LogP contribution in [0.5, 0.6) is 0 Å². The zero-order chi connectivity index (χ0) is 15.8. The van der Waals surface area contributed by atoms with E-state index in [9.17, 15) is 9.59 Å². The van der Waals surface area contributed by atoms with Gasteiger partial charge in [0.15, 0.2) is 0 Å². The van der Waals surface area contributed by atoms with Gasteiger partial charge >= 0.3 is 0 Å². The number of nitrogens with one attached hydrogen (secondary N) is 1. The summed E-state index contributed by atoms with van der Waals surface area (Å²) in [5, 5.41) is 5.07. The summed E-state index contributed by atoms with van der Waals surface area (Å²) in [4.78, 5) is 29.6. The number of nitrogens with zero attached hydrogens (tertiary/aromatic N) is 2. The second-order valence-electron chi connectivity index (χ2n) is 6.89. The summed E-state index contributed by atoms with van der Waals surface area (Å²) in [6, 6.07) is 2.54. The topological polar surface area (TPSA) is 52.7 Å². The fourth-order valence-corrected chi connectivity index (χ4v) is 4.12. The molecule has 0 radical (unpaired) electrons. The average Bonchev–Trinajstić information content (AvgIpc) is 3.48. The molecule has 5 nitrogen and oxygen atoms in total. The van der Waals surface area contributed by atoms with Crippen molar-refractivity contribution in [3.63, 3.8) is 0 Å². The van der Waals surface area contributed by atoms with Crippen LogP contribution in [-0.4, -0.2) is 60.4 Å². The summed E-state index contributed by atoms with van der Waals surface area (Å²) >= 11 is 1.58. The lowest BCUT2D eigenvalue weighted by Gasteiger charge is -2.34. The van der Waals surface area contributed by atoms with E-state index in [1.165, 1.54) is 18.4 Å². The van der Waals surface area contributed by atoms with Crippen molar-refractivity contribution in [3.8, 4) is 0 Å². The highest BCUT2D eigenvalue weighted by Gasteiger charge is 2.32. The molecule has 1 aromatic heterocycles. The molecule has 23 heavy (non-hydrogen) atoms. The van der Waals surface area contributed by atoms with Crippen LogP contribution in [0.4, 0.5) is 0 Å². The van der Waals surface area contributed by atoms with Crippen LogP contribution in [0.2, 0.25) is 0 Å². The first-order valence-corrected chi connectivity index (χ1v) is 9.47. The van der Waals surface area contributed by atoms with Gasteiger partial charge in [0, 0.05) is 32.2 Å². The number of rotatable bonds is 5. The molecule has 1 N–H and O–H groups in total. The molecule has 6 heteroatoms. The second kappa shape index (κ2) is 6.24. The largest absolute Gasteiger partial charge is 0.352 e. The molecule has 3 aliphatic rings. The molecule has 0 atom stereocenters. The molecule has 124 valence electrons. The van der Waals surface area contributed by atoms with Crippen molar-refractivity contribution in [1.29, 1.82) is 0 Å². The predicted octanol–water partition coefficient (Wildman–Crippen LogP) is 1.66. The Labute approximate surface area is 140 Å². The molecule has 2 aliphatic carbocycles. The van der Waals surface area contributed by atoms with Crippen molar-refractivity contribution in [1.82, 2.24) is 15.1 Å². The minimum absolute atomic E-state index is 0.126. The van der Waals surface area contributed by atoms with E-state index in [2.05, 4.69) is 16.3 Å². The first-order valence-electron chi connectivity index (χ1n) is 8.59. The molecule has 2 saturated carbocycles. The molecule has 4 rings (SSSR count). The van der Waals surface area contributed by atoms with Crippen LogP contribution < -0.4 is 5.32 Å². The molecule has 1 aromatic rings. The first-order chi connectivity index (χ1) is 11.2. The van der Waals surface area contributed by atoms with Crippen molar-refractivity contribution in [2.24, 2.45) is 0 Å². The van der Waals surface area contributed by atoms with Crippen LogP contribution in [0, 0.1) is 0 Å². The molecule has 0 aromatic carbocycles. The van der Waals surface area contributed by atoms with Gasteiger partial charge in [-0.1, -0.05) is 0 Å². The van der Waals surface area contributed by atoms with Gasteiger partial charge in [-0.05, 0) is 48.6 Å². The van der Waals surface area contributed by atoms with Gasteiger partial charge in [-0.3, -0.25) is 14.5 Å². The number of hydrogen-bond acceptors (Lipinski definition) is 4. The van der Waals surface area contributed by atoms with Crippen LogP contribution in [0.25, 0.3) is 0 Å². The molecule has 2 heterocycles. The third-order valence-electron chi connectivity index (χ3n) is 4.88. The van der Waals surface area contributed by atoms with Crippen LogP contribution in [0.1, 0.15) is 46.8 Å². The lowest BCUT2D eigenvalue weighted by atomic mass is 10.1. The van der Waals surface area contributed by atoms with Gasteiger partial charge < -0.3 is 10.2 Å². The van der Waals surface area contributed by atoms with Crippen LogP contribution >= 0.6 is 11.3 Å². The fourth-order valence-electron chi connectivity index (χ4n) is 3.17. The molecule has 0 unspecified atom stereocenters. The van der Waals surface area contributed by atoms with E-state index in [0.717, 1.165) is 43.9 Å². The quantitative estimate of drug-likeness (QED) is 0.892. The van der Waals surface area contributed by atoms with Crippen molar-refractivity contribution in [3.05, 3.63) is 21.9 Å². The molecular weight excluding hydrogens is 310 g/mol. The SMILES string of the molecule is O=C(CN1CCN(C(=O)c2sccc2C2CC2)CC1)NC1CC1. The third-order valence-corrected chi connectivity index (χ3v) is 5.79. The van der Waals surface area contributed by atoms with Gasteiger partial charge in [0.1, 0.15) is 0 Å². The fraction of sp³-hybridized carbons (Fsp3) is 0.647. The molecule has 3 fully saturated rings. The predicted molar refractivity (Wildman–Crippen MR) is 89.8 cm³/mol. The highest BCUT2D eigenvalue weighted by Crippen LogP contribution is 2.43. The lowest BCUT2D eigenvalue weighted by Crippen LogP contribution is -2.51. The Balaban J connectivity index is 1.29. The zero-order valence-corrected chi connectivity index (χ0v) is 14.1. The Morgan fingerprint density at radius 2 is 1.87 bits per heavy atom. The molecule has 1 saturated heterocycles. The number of piperazine rings is 1. The summed E-state index contributed by atoms with van der Waals surface area (Å²) in [5.41, 5.74) is 1.26. The maximum absolute atomic E-state index is 12.7. The van der Waals surface area contributed by atoms with E-state index in [4.69, 9.17) is 0 Å². The number of carbonyl (C=O) groups is 2. The maximum atomic E-state index is 12.7. The Morgan fingerprint density at radius 1 is 1.13 bits per heavy atom. The average molecular weight is 333 g/mol. The number of thiophene rings is 1. The molecule has 1 aliphatic heterocycles. The summed E-state index contributed by atoms with van der Waals surface area (Å²) in [7, 11) is 0. The van der Waals surface area contributed by atoms with E-state index in [-0.39, 0.29) is 11.8 Å². The van der Waals surface area contributed by atoms with Gasteiger partial charge in [-0.25, -0.2) is 0 Å². The number of amides is 2. The smallest absolute Gasteiger partial charge is 0.264 e. The summed E-state index contributed by atoms with van der Waals surface area (Å²) < 4.78 is 0. The molecule has 0 spiro atoms. The summed E-state index contributed by atoms with van der Waals surface area (Å²) in [5.74, 6) is 0.929. The molecular formula is C17H23N3O2S. The highest BCUT2D eigenvalue weighted by atomic mass is 32.1. The van der Waals surface area contributed by atoms with E-state index < -0.39 is 0 Å². The highest BCUT2D eigenvalue weighted by molar-refractivity contribution is 7.12. The standard InChI is InChI=1S/C17H23N3O2S/c21-15(18-13-3-4-13)11-19-6-8-20(9-7-19)17(22)16-14(5-10-23-16)12-1-2-12/h5,10,12-13H,1-4,6-9,11H2,(H,18,21). The van der Waals surface area contributed by atoms with Crippen LogP contribution in [-0.2, 0) is 4.79 Å². The molecule has 2 amide bonds. The summed E-state index contributed by atoms with van der Waals surface area (Å²) in [6.07, 6.45) is 4.69. The first kappa shape index (κ1) is 15.1. The lowest BCUT2D eigenvalue weighted by molar-refractivity contribution is -0.122. The van der Waals surface area contributed by atoms with Gasteiger partial charge in [-0.2, -0.15) is 0 Å². The Kier molecular flexibility index (Phi) is 4.11. The Bertz CT molecular complexity index is 599. The van der Waals surface area contributed by atoms with Gasteiger partial charge in [0.25, 0.3) is 5.91 Å². The van der Waals surface area contributed by atoms with E-state index in [1.54, 1.807) is 11.3 Å². The second-order valence-corrected chi connectivity index (χ2v) is 7.81.